The van der Waals surface area contributed by atoms with Gasteiger partial charge in [0.2, 0.25) is 0 Å². The maximum atomic E-state index is 12.2. The fourth-order valence-electron chi connectivity index (χ4n) is 1.53. The molecule has 0 bridgehead atoms. The van der Waals surface area contributed by atoms with E-state index in [2.05, 4.69) is 42.2 Å². The molecule has 1 aromatic carbocycles. The third-order valence-electron chi connectivity index (χ3n) is 2.47. The Morgan fingerprint density at radius 1 is 1.33 bits per heavy atom. The van der Waals surface area contributed by atoms with Gasteiger partial charge in [-0.25, -0.2) is 4.98 Å². The lowest BCUT2D eigenvalue weighted by Crippen LogP contribution is -2.14. The average Bonchev–Trinajstić information content (AvgIpc) is 2.42. The van der Waals surface area contributed by atoms with Gasteiger partial charge in [0.25, 0.3) is 11.6 Å². The zero-order valence-electron chi connectivity index (χ0n) is 10.1. The Kier molecular flexibility index (Phi) is 4.92. The van der Waals surface area contributed by atoms with Crippen LogP contribution in [0, 0.1) is 10.1 Å². The smallest absolute Gasteiger partial charge is 0.300 e. The molecule has 1 heterocycles. The third kappa shape index (κ3) is 3.78. The Balaban J connectivity index is 2.39. The van der Waals surface area contributed by atoms with Crippen molar-refractivity contribution in [2.45, 2.75) is 0 Å². The minimum Gasteiger partial charge on any atom is -0.321 e. The second-order valence-electron chi connectivity index (χ2n) is 3.86. The molecule has 0 atom stereocenters. The second kappa shape index (κ2) is 6.50. The highest BCUT2D eigenvalue weighted by Crippen LogP contribution is 2.28. The van der Waals surface area contributed by atoms with Crippen LogP contribution in [0.15, 0.2) is 39.4 Å². The Morgan fingerprint density at radius 2 is 2.05 bits per heavy atom. The van der Waals surface area contributed by atoms with Gasteiger partial charge in [-0.05, 0) is 40.2 Å². The number of pyridine rings is 1. The number of anilines is 1. The Hall–Kier alpha value is -1.51. The second-order valence-corrected chi connectivity index (χ2v) is 6.02. The van der Waals surface area contributed by atoms with Crippen molar-refractivity contribution in [1.29, 1.82) is 0 Å². The highest BCUT2D eigenvalue weighted by molar-refractivity contribution is 9.11. The maximum Gasteiger partial charge on any atom is 0.300 e. The van der Waals surface area contributed by atoms with Crippen LogP contribution in [0.2, 0.25) is 5.15 Å². The molecule has 9 heteroatoms. The number of benzene rings is 1. The molecule has 1 aromatic heterocycles. The summed E-state index contributed by atoms with van der Waals surface area (Å²) in [6.07, 6.45) is 0.952. The van der Waals surface area contributed by atoms with Gasteiger partial charge in [-0.15, -0.1) is 0 Å². The van der Waals surface area contributed by atoms with E-state index < -0.39 is 16.5 Å². The Morgan fingerprint density at radius 3 is 2.71 bits per heavy atom. The van der Waals surface area contributed by atoms with Gasteiger partial charge < -0.3 is 5.32 Å². The summed E-state index contributed by atoms with van der Waals surface area (Å²) in [5.41, 5.74) is -0.105. The van der Waals surface area contributed by atoms with Gasteiger partial charge in [0.15, 0.2) is 0 Å². The fourth-order valence-corrected chi connectivity index (χ4v) is 2.40. The number of hydrogen-bond donors (Lipinski definition) is 1. The molecule has 108 valence electrons. The molecule has 0 aliphatic rings. The van der Waals surface area contributed by atoms with Gasteiger partial charge in [0, 0.05) is 8.95 Å². The zero-order valence-corrected chi connectivity index (χ0v) is 14.1. The standard InChI is InChI=1S/C12H6Br2ClN3O3/c13-6-1-2-8(14)9(3-6)17-12(19)7-4-11(15)16-5-10(7)18(20)21/h1-5H,(H,17,19). The summed E-state index contributed by atoms with van der Waals surface area (Å²) in [6, 6.07) is 6.33. The number of carbonyl (C=O) groups excluding carboxylic acids is 1. The quantitative estimate of drug-likeness (QED) is 0.439. The molecule has 0 aliphatic carbocycles. The number of hydrogen-bond acceptors (Lipinski definition) is 4. The van der Waals surface area contributed by atoms with Crippen molar-refractivity contribution in [3.63, 3.8) is 0 Å². The van der Waals surface area contributed by atoms with Crippen molar-refractivity contribution in [3.05, 3.63) is 60.2 Å². The van der Waals surface area contributed by atoms with E-state index in [1.165, 1.54) is 0 Å². The summed E-state index contributed by atoms with van der Waals surface area (Å²) in [6.45, 7) is 0. The number of amides is 1. The van der Waals surface area contributed by atoms with Crippen molar-refractivity contribution < 1.29 is 9.72 Å². The SMILES string of the molecule is O=C(Nc1cc(Br)ccc1Br)c1cc(Cl)ncc1[N+](=O)[O-]. The van der Waals surface area contributed by atoms with E-state index in [1.54, 1.807) is 18.2 Å². The molecular formula is C12H6Br2ClN3O3. The van der Waals surface area contributed by atoms with Gasteiger partial charge >= 0.3 is 0 Å². The minimum atomic E-state index is -0.686. The normalized spacial score (nSPS) is 10.2. The van der Waals surface area contributed by atoms with Crippen LogP contribution in [0.4, 0.5) is 11.4 Å². The first-order valence-electron chi connectivity index (χ1n) is 5.45. The number of rotatable bonds is 3. The van der Waals surface area contributed by atoms with Gasteiger partial charge in [0.1, 0.15) is 16.9 Å². The van der Waals surface area contributed by atoms with E-state index in [1.807, 2.05) is 0 Å². The first-order valence-corrected chi connectivity index (χ1v) is 7.41. The number of aromatic nitrogens is 1. The zero-order chi connectivity index (χ0) is 15.6. The monoisotopic (exact) mass is 433 g/mol. The van der Waals surface area contributed by atoms with E-state index in [0.29, 0.717) is 10.2 Å². The molecule has 0 saturated heterocycles. The lowest BCUT2D eigenvalue weighted by Gasteiger charge is -2.08. The molecular weight excluding hydrogens is 429 g/mol. The topological polar surface area (TPSA) is 85.1 Å². The lowest BCUT2D eigenvalue weighted by molar-refractivity contribution is -0.385. The van der Waals surface area contributed by atoms with E-state index in [-0.39, 0.29) is 10.7 Å². The molecule has 0 unspecified atom stereocenters. The Labute approximate surface area is 140 Å². The maximum absolute atomic E-state index is 12.2. The van der Waals surface area contributed by atoms with Gasteiger partial charge in [0.05, 0.1) is 10.6 Å². The van der Waals surface area contributed by atoms with Gasteiger partial charge in [-0.2, -0.15) is 0 Å². The van der Waals surface area contributed by atoms with Crippen LogP contribution >= 0.6 is 43.5 Å². The largest absolute Gasteiger partial charge is 0.321 e. The molecule has 0 radical (unpaired) electrons. The predicted molar refractivity (Wildman–Crippen MR) is 85.7 cm³/mol. The summed E-state index contributed by atoms with van der Waals surface area (Å²) in [7, 11) is 0. The first-order chi connectivity index (χ1) is 9.88. The molecule has 0 aliphatic heterocycles. The molecule has 0 saturated carbocycles. The van der Waals surface area contributed by atoms with Crippen LogP contribution in [-0.4, -0.2) is 15.8 Å². The van der Waals surface area contributed by atoms with Crippen molar-refractivity contribution in [2.75, 3.05) is 5.32 Å². The van der Waals surface area contributed by atoms with Crippen LogP contribution in [0.3, 0.4) is 0 Å². The van der Waals surface area contributed by atoms with Crippen LogP contribution < -0.4 is 5.32 Å². The summed E-state index contributed by atoms with van der Waals surface area (Å²) in [5.74, 6) is -0.648. The number of halogens is 3. The molecule has 0 fully saturated rings. The summed E-state index contributed by atoms with van der Waals surface area (Å²) in [4.78, 5) is 26.1. The van der Waals surface area contributed by atoms with E-state index in [0.717, 1.165) is 16.7 Å². The van der Waals surface area contributed by atoms with E-state index >= 15 is 0 Å². The van der Waals surface area contributed by atoms with Crippen molar-refractivity contribution >= 4 is 60.7 Å². The average molecular weight is 435 g/mol. The van der Waals surface area contributed by atoms with E-state index in [4.69, 9.17) is 11.6 Å². The highest BCUT2D eigenvalue weighted by Gasteiger charge is 2.22. The third-order valence-corrected chi connectivity index (χ3v) is 3.86. The molecule has 2 aromatic rings. The number of nitrogens with one attached hydrogen (secondary N) is 1. The molecule has 2 rings (SSSR count). The van der Waals surface area contributed by atoms with Gasteiger partial charge in [-0.1, -0.05) is 27.5 Å². The molecule has 21 heavy (non-hydrogen) atoms. The van der Waals surface area contributed by atoms with Crippen LogP contribution in [0.5, 0.6) is 0 Å². The van der Waals surface area contributed by atoms with Crippen molar-refractivity contribution in [3.8, 4) is 0 Å². The number of nitrogens with zero attached hydrogens (tertiary/aromatic N) is 2. The van der Waals surface area contributed by atoms with E-state index in [9.17, 15) is 14.9 Å². The summed E-state index contributed by atoms with van der Waals surface area (Å²) >= 11 is 12.3. The van der Waals surface area contributed by atoms with Crippen LogP contribution in [0.1, 0.15) is 10.4 Å². The number of nitro groups is 1. The Bertz CT molecular complexity index is 740. The van der Waals surface area contributed by atoms with Crippen LogP contribution in [-0.2, 0) is 0 Å². The molecule has 1 amide bonds. The fraction of sp³-hybridized carbons (Fsp3) is 0. The van der Waals surface area contributed by atoms with Gasteiger partial charge in [-0.3, -0.25) is 14.9 Å². The highest BCUT2D eigenvalue weighted by atomic mass is 79.9. The predicted octanol–water partition coefficient (Wildman–Crippen LogP) is 4.42. The molecule has 6 nitrogen and oxygen atoms in total. The summed E-state index contributed by atoms with van der Waals surface area (Å²) < 4.78 is 1.39. The minimum absolute atomic E-state index is 0.000872. The molecule has 0 spiro atoms. The van der Waals surface area contributed by atoms with Crippen molar-refractivity contribution in [2.24, 2.45) is 0 Å². The first kappa shape index (κ1) is 15.9. The van der Waals surface area contributed by atoms with Crippen LogP contribution in [0.25, 0.3) is 0 Å². The number of carbonyl (C=O) groups is 1. The lowest BCUT2D eigenvalue weighted by atomic mass is 10.2. The summed E-state index contributed by atoms with van der Waals surface area (Å²) in [5, 5.41) is 13.5. The van der Waals surface area contributed by atoms with Crippen molar-refractivity contribution in [1.82, 2.24) is 4.98 Å². The molecule has 1 N–H and O–H groups in total.